The van der Waals surface area contributed by atoms with Gasteiger partial charge in [-0.15, -0.1) is 12.4 Å². The Morgan fingerprint density at radius 2 is 1.88 bits per heavy atom. The van der Waals surface area contributed by atoms with E-state index in [0.717, 1.165) is 19.0 Å². The standard InChI is InChI=1S/C15H23N.ClH/c1-13(2)9-10-16-12-14(3)11-15-7-5-4-6-8-15;/h4-8,11,13,16H,9-10,12H2,1-3H3;1H/b14-11+;. The first kappa shape index (κ1) is 16.2. The third-order valence-electron chi connectivity index (χ3n) is 2.51. The first-order chi connectivity index (χ1) is 7.68. The third kappa shape index (κ3) is 8.00. The van der Waals surface area contributed by atoms with Gasteiger partial charge < -0.3 is 5.32 Å². The molecule has 0 saturated heterocycles. The molecule has 0 aromatic heterocycles. The smallest absolute Gasteiger partial charge is 0.0165 e. The van der Waals surface area contributed by atoms with Gasteiger partial charge >= 0.3 is 0 Å². The summed E-state index contributed by atoms with van der Waals surface area (Å²) in [4.78, 5) is 0. The highest BCUT2D eigenvalue weighted by Crippen LogP contribution is 2.05. The number of benzene rings is 1. The average Bonchev–Trinajstić information content (AvgIpc) is 2.25. The van der Waals surface area contributed by atoms with Crippen molar-refractivity contribution in [3.05, 3.63) is 41.5 Å². The Bertz CT molecular complexity index is 317. The van der Waals surface area contributed by atoms with Crippen LogP contribution in [0.1, 0.15) is 32.8 Å². The minimum Gasteiger partial charge on any atom is -0.313 e. The Morgan fingerprint density at radius 1 is 1.24 bits per heavy atom. The predicted molar refractivity (Wildman–Crippen MR) is 79.7 cm³/mol. The Balaban J connectivity index is 0.00000256. The van der Waals surface area contributed by atoms with Crippen molar-refractivity contribution < 1.29 is 0 Å². The normalized spacial score (nSPS) is 11.4. The highest BCUT2D eigenvalue weighted by molar-refractivity contribution is 5.85. The molecule has 1 aromatic rings. The van der Waals surface area contributed by atoms with E-state index in [2.05, 4.69) is 56.4 Å². The van der Waals surface area contributed by atoms with Crippen LogP contribution in [0.4, 0.5) is 0 Å². The van der Waals surface area contributed by atoms with Crippen molar-refractivity contribution >= 4 is 18.5 Å². The summed E-state index contributed by atoms with van der Waals surface area (Å²) in [6.45, 7) is 8.79. The maximum Gasteiger partial charge on any atom is 0.0165 e. The molecule has 2 heteroatoms. The maximum atomic E-state index is 3.47. The van der Waals surface area contributed by atoms with E-state index in [4.69, 9.17) is 0 Å². The zero-order valence-corrected chi connectivity index (χ0v) is 11.9. The average molecular weight is 254 g/mol. The van der Waals surface area contributed by atoms with Crippen molar-refractivity contribution in [2.24, 2.45) is 5.92 Å². The molecule has 17 heavy (non-hydrogen) atoms. The Hall–Kier alpha value is -0.790. The summed E-state index contributed by atoms with van der Waals surface area (Å²) in [5.41, 5.74) is 2.67. The van der Waals surface area contributed by atoms with Gasteiger partial charge in [0, 0.05) is 6.54 Å². The molecular formula is C15H24ClN. The van der Waals surface area contributed by atoms with E-state index in [9.17, 15) is 0 Å². The lowest BCUT2D eigenvalue weighted by atomic mass is 10.1. The van der Waals surface area contributed by atoms with Crippen LogP contribution in [0.15, 0.2) is 35.9 Å². The number of hydrogen-bond acceptors (Lipinski definition) is 1. The van der Waals surface area contributed by atoms with Gasteiger partial charge in [-0.1, -0.05) is 55.8 Å². The van der Waals surface area contributed by atoms with Crippen LogP contribution in [0.25, 0.3) is 6.08 Å². The van der Waals surface area contributed by atoms with Gasteiger partial charge in [-0.25, -0.2) is 0 Å². The molecule has 0 aliphatic rings. The zero-order chi connectivity index (χ0) is 11.8. The third-order valence-corrected chi connectivity index (χ3v) is 2.51. The molecule has 0 amide bonds. The summed E-state index contributed by atoms with van der Waals surface area (Å²) in [6, 6.07) is 10.5. The van der Waals surface area contributed by atoms with E-state index in [1.807, 2.05) is 6.07 Å². The molecule has 1 nitrogen and oxygen atoms in total. The summed E-state index contributed by atoms with van der Waals surface area (Å²) < 4.78 is 0. The van der Waals surface area contributed by atoms with Gasteiger partial charge in [0.05, 0.1) is 0 Å². The lowest BCUT2D eigenvalue weighted by Gasteiger charge is -2.07. The first-order valence-electron chi connectivity index (χ1n) is 6.11. The SMILES string of the molecule is C/C(=C\c1ccccc1)CNCCC(C)C.Cl. The molecule has 0 spiro atoms. The maximum absolute atomic E-state index is 3.47. The van der Waals surface area contributed by atoms with Crippen LogP contribution < -0.4 is 5.32 Å². The van der Waals surface area contributed by atoms with Crippen molar-refractivity contribution in [1.29, 1.82) is 0 Å². The summed E-state index contributed by atoms with van der Waals surface area (Å²) in [6.07, 6.45) is 3.49. The van der Waals surface area contributed by atoms with Crippen molar-refractivity contribution in [2.45, 2.75) is 27.2 Å². The summed E-state index contributed by atoms with van der Waals surface area (Å²) in [7, 11) is 0. The van der Waals surface area contributed by atoms with Crippen molar-refractivity contribution in [3.8, 4) is 0 Å². The number of rotatable bonds is 6. The van der Waals surface area contributed by atoms with Crippen LogP contribution in [0, 0.1) is 5.92 Å². The van der Waals surface area contributed by atoms with E-state index in [1.165, 1.54) is 17.6 Å². The van der Waals surface area contributed by atoms with E-state index in [0.29, 0.717) is 0 Å². The topological polar surface area (TPSA) is 12.0 Å². The van der Waals surface area contributed by atoms with Gasteiger partial charge in [0.1, 0.15) is 0 Å². The number of halogens is 1. The van der Waals surface area contributed by atoms with Crippen LogP contribution in [-0.2, 0) is 0 Å². The van der Waals surface area contributed by atoms with Crippen LogP contribution in [-0.4, -0.2) is 13.1 Å². The minimum absolute atomic E-state index is 0. The Kier molecular flexibility index (Phi) is 8.83. The van der Waals surface area contributed by atoms with Gasteiger partial charge in [-0.2, -0.15) is 0 Å². The molecule has 1 aromatic carbocycles. The molecule has 0 saturated carbocycles. The van der Waals surface area contributed by atoms with E-state index in [1.54, 1.807) is 0 Å². The fourth-order valence-corrected chi connectivity index (χ4v) is 1.56. The Morgan fingerprint density at radius 3 is 2.47 bits per heavy atom. The molecule has 0 aliphatic heterocycles. The van der Waals surface area contributed by atoms with Crippen molar-refractivity contribution in [1.82, 2.24) is 5.32 Å². The lowest BCUT2D eigenvalue weighted by Crippen LogP contribution is -2.18. The van der Waals surface area contributed by atoms with E-state index < -0.39 is 0 Å². The molecular weight excluding hydrogens is 230 g/mol. The molecule has 0 fully saturated rings. The van der Waals surface area contributed by atoms with E-state index >= 15 is 0 Å². The van der Waals surface area contributed by atoms with Crippen LogP contribution >= 0.6 is 12.4 Å². The molecule has 0 unspecified atom stereocenters. The minimum atomic E-state index is 0. The largest absolute Gasteiger partial charge is 0.313 e. The highest BCUT2D eigenvalue weighted by atomic mass is 35.5. The fourth-order valence-electron chi connectivity index (χ4n) is 1.56. The molecule has 1 N–H and O–H groups in total. The lowest BCUT2D eigenvalue weighted by molar-refractivity contribution is 0.550. The monoisotopic (exact) mass is 253 g/mol. The fraction of sp³-hybridized carbons (Fsp3) is 0.467. The number of hydrogen-bond donors (Lipinski definition) is 1. The van der Waals surface area contributed by atoms with Gasteiger partial charge in [-0.3, -0.25) is 0 Å². The van der Waals surface area contributed by atoms with Gasteiger partial charge in [-0.05, 0) is 31.4 Å². The van der Waals surface area contributed by atoms with E-state index in [-0.39, 0.29) is 12.4 Å². The molecule has 0 radical (unpaired) electrons. The second-order valence-electron chi connectivity index (χ2n) is 4.76. The molecule has 1 rings (SSSR count). The predicted octanol–water partition coefficient (Wildman–Crippen LogP) is 4.15. The zero-order valence-electron chi connectivity index (χ0n) is 11.1. The molecule has 0 aliphatic carbocycles. The van der Waals surface area contributed by atoms with Crippen molar-refractivity contribution in [2.75, 3.05) is 13.1 Å². The first-order valence-corrected chi connectivity index (χ1v) is 6.11. The van der Waals surface area contributed by atoms with Crippen LogP contribution in [0.3, 0.4) is 0 Å². The number of nitrogens with one attached hydrogen (secondary N) is 1. The van der Waals surface area contributed by atoms with Gasteiger partial charge in [0.25, 0.3) is 0 Å². The molecule has 0 heterocycles. The van der Waals surface area contributed by atoms with Crippen molar-refractivity contribution in [3.63, 3.8) is 0 Å². The summed E-state index contributed by atoms with van der Waals surface area (Å²) >= 11 is 0. The summed E-state index contributed by atoms with van der Waals surface area (Å²) in [5, 5.41) is 3.47. The quantitative estimate of drug-likeness (QED) is 0.751. The van der Waals surface area contributed by atoms with Crippen LogP contribution in [0.2, 0.25) is 0 Å². The highest BCUT2D eigenvalue weighted by Gasteiger charge is 1.94. The van der Waals surface area contributed by atoms with Gasteiger partial charge in [0.2, 0.25) is 0 Å². The van der Waals surface area contributed by atoms with Gasteiger partial charge in [0.15, 0.2) is 0 Å². The summed E-state index contributed by atoms with van der Waals surface area (Å²) in [5.74, 6) is 0.783. The van der Waals surface area contributed by atoms with Crippen LogP contribution in [0.5, 0.6) is 0 Å². The molecule has 0 atom stereocenters. The molecule has 96 valence electrons. The Labute approximate surface area is 112 Å². The second kappa shape index (κ2) is 9.26. The molecule has 0 bridgehead atoms. The second-order valence-corrected chi connectivity index (χ2v) is 4.76.